The van der Waals surface area contributed by atoms with Gasteiger partial charge in [-0.1, -0.05) is 18.2 Å². The van der Waals surface area contributed by atoms with Gasteiger partial charge < -0.3 is 19.1 Å². The van der Waals surface area contributed by atoms with Crippen molar-refractivity contribution in [3.63, 3.8) is 0 Å². The maximum Gasteiger partial charge on any atom is 0.338 e. The fourth-order valence-electron chi connectivity index (χ4n) is 2.27. The molecular weight excluding hydrogens is 322 g/mol. The van der Waals surface area contributed by atoms with Gasteiger partial charge in [0.15, 0.2) is 0 Å². The standard InChI is InChI=1S/C19H21NO5/c1-20(16-7-5-4-6-8-16)9-10-25-17-12-14(18(21)23-2)11-15(13-17)19(22)24-3/h4-8,11-13H,9-10H2,1-3H3. The van der Waals surface area contributed by atoms with Crippen LogP contribution in [-0.2, 0) is 9.47 Å². The summed E-state index contributed by atoms with van der Waals surface area (Å²) < 4.78 is 15.1. The highest BCUT2D eigenvalue weighted by Crippen LogP contribution is 2.19. The van der Waals surface area contributed by atoms with Crippen molar-refractivity contribution in [1.29, 1.82) is 0 Å². The Morgan fingerprint density at radius 2 is 1.48 bits per heavy atom. The van der Waals surface area contributed by atoms with Crippen LogP contribution in [0, 0.1) is 0 Å². The van der Waals surface area contributed by atoms with Crippen LogP contribution < -0.4 is 9.64 Å². The molecule has 0 aliphatic heterocycles. The molecule has 6 nitrogen and oxygen atoms in total. The highest BCUT2D eigenvalue weighted by atomic mass is 16.5. The normalized spacial score (nSPS) is 10.0. The molecule has 0 spiro atoms. The second kappa shape index (κ2) is 8.73. The number of anilines is 1. The number of carbonyl (C=O) groups is 2. The molecule has 2 aromatic carbocycles. The quantitative estimate of drug-likeness (QED) is 0.720. The summed E-state index contributed by atoms with van der Waals surface area (Å²) in [6.45, 7) is 1.02. The number of likely N-dealkylation sites (N-methyl/N-ethyl adjacent to an activating group) is 1. The van der Waals surface area contributed by atoms with Gasteiger partial charge in [-0.3, -0.25) is 0 Å². The van der Waals surface area contributed by atoms with Crippen LogP contribution in [0.15, 0.2) is 48.5 Å². The van der Waals surface area contributed by atoms with Crippen LogP contribution in [0.2, 0.25) is 0 Å². The monoisotopic (exact) mass is 343 g/mol. The molecule has 0 bridgehead atoms. The van der Waals surface area contributed by atoms with E-state index in [1.54, 1.807) is 12.1 Å². The Morgan fingerprint density at radius 3 is 2.00 bits per heavy atom. The number of para-hydroxylation sites is 1. The van der Waals surface area contributed by atoms with Gasteiger partial charge in [-0.2, -0.15) is 0 Å². The number of methoxy groups -OCH3 is 2. The Labute approximate surface area is 146 Å². The van der Waals surface area contributed by atoms with Gasteiger partial charge in [0.25, 0.3) is 0 Å². The lowest BCUT2D eigenvalue weighted by Gasteiger charge is -2.19. The second-order valence-corrected chi connectivity index (χ2v) is 5.33. The second-order valence-electron chi connectivity index (χ2n) is 5.33. The predicted molar refractivity (Wildman–Crippen MR) is 94.3 cm³/mol. The Bertz CT molecular complexity index is 696. The van der Waals surface area contributed by atoms with Gasteiger partial charge in [0, 0.05) is 12.7 Å². The van der Waals surface area contributed by atoms with E-state index in [2.05, 4.69) is 0 Å². The number of nitrogens with zero attached hydrogens (tertiary/aromatic N) is 1. The summed E-state index contributed by atoms with van der Waals surface area (Å²) in [6.07, 6.45) is 0. The molecule has 0 radical (unpaired) electrons. The molecule has 132 valence electrons. The molecule has 0 N–H and O–H groups in total. The number of carbonyl (C=O) groups excluding carboxylic acids is 2. The highest BCUT2D eigenvalue weighted by Gasteiger charge is 2.14. The Kier molecular flexibility index (Phi) is 6.39. The van der Waals surface area contributed by atoms with Gasteiger partial charge in [0.1, 0.15) is 12.4 Å². The number of hydrogen-bond acceptors (Lipinski definition) is 6. The van der Waals surface area contributed by atoms with Gasteiger partial charge in [-0.25, -0.2) is 9.59 Å². The molecule has 0 aliphatic carbocycles. The van der Waals surface area contributed by atoms with Crippen LogP contribution in [0.25, 0.3) is 0 Å². The summed E-state index contributed by atoms with van der Waals surface area (Å²) >= 11 is 0. The molecule has 0 saturated carbocycles. The van der Waals surface area contributed by atoms with E-state index in [0.29, 0.717) is 18.9 Å². The smallest absolute Gasteiger partial charge is 0.338 e. The molecule has 0 unspecified atom stereocenters. The van der Waals surface area contributed by atoms with Gasteiger partial charge >= 0.3 is 11.9 Å². The van der Waals surface area contributed by atoms with E-state index in [-0.39, 0.29) is 11.1 Å². The van der Waals surface area contributed by atoms with Crippen LogP contribution in [0.4, 0.5) is 5.69 Å². The van der Waals surface area contributed by atoms with Gasteiger partial charge in [0.2, 0.25) is 0 Å². The minimum atomic E-state index is -0.544. The van der Waals surface area contributed by atoms with E-state index in [9.17, 15) is 9.59 Å². The molecule has 0 atom stereocenters. The predicted octanol–water partition coefficient (Wildman–Crippen LogP) is 2.78. The number of hydrogen-bond donors (Lipinski definition) is 0. The van der Waals surface area contributed by atoms with Crippen molar-refractivity contribution in [3.8, 4) is 5.75 Å². The van der Waals surface area contributed by atoms with Crippen LogP contribution in [0.3, 0.4) is 0 Å². The van der Waals surface area contributed by atoms with Crippen LogP contribution in [0.1, 0.15) is 20.7 Å². The van der Waals surface area contributed by atoms with Crippen molar-refractivity contribution in [3.05, 3.63) is 59.7 Å². The van der Waals surface area contributed by atoms with Crippen molar-refractivity contribution < 1.29 is 23.8 Å². The lowest BCUT2D eigenvalue weighted by atomic mass is 10.1. The molecule has 6 heteroatoms. The summed E-state index contributed by atoms with van der Waals surface area (Å²) in [5, 5.41) is 0. The van der Waals surface area contributed by atoms with Crippen LogP contribution in [-0.4, -0.2) is 46.4 Å². The Morgan fingerprint density at radius 1 is 0.920 bits per heavy atom. The summed E-state index contributed by atoms with van der Waals surface area (Å²) in [5.74, 6) is -0.682. The number of benzene rings is 2. The lowest BCUT2D eigenvalue weighted by molar-refractivity contribution is 0.0598. The topological polar surface area (TPSA) is 65.1 Å². The van der Waals surface area contributed by atoms with Gasteiger partial charge in [-0.15, -0.1) is 0 Å². The van der Waals surface area contributed by atoms with E-state index in [1.165, 1.54) is 20.3 Å². The van der Waals surface area contributed by atoms with E-state index in [1.807, 2.05) is 42.3 Å². The third-order valence-corrected chi connectivity index (χ3v) is 3.64. The summed E-state index contributed by atoms with van der Waals surface area (Å²) in [4.78, 5) is 25.6. The zero-order valence-electron chi connectivity index (χ0n) is 14.5. The van der Waals surface area contributed by atoms with Gasteiger partial charge in [-0.05, 0) is 30.3 Å². The molecule has 0 amide bonds. The average Bonchev–Trinajstić information content (AvgIpc) is 2.67. The van der Waals surface area contributed by atoms with Crippen molar-refractivity contribution in [2.45, 2.75) is 0 Å². The first-order valence-electron chi connectivity index (χ1n) is 7.76. The molecular formula is C19H21NO5. The molecule has 2 rings (SSSR count). The summed E-state index contributed by atoms with van der Waals surface area (Å²) in [7, 11) is 4.52. The maximum absolute atomic E-state index is 11.8. The molecule has 0 heterocycles. The average molecular weight is 343 g/mol. The highest BCUT2D eigenvalue weighted by molar-refractivity contribution is 5.96. The largest absolute Gasteiger partial charge is 0.492 e. The van der Waals surface area contributed by atoms with Crippen molar-refractivity contribution >= 4 is 17.6 Å². The Balaban J connectivity index is 2.07. The van der Waals surface area contributed by atoms with E-state index >= 15 is 0 Å². The lowest BCUT2D eigenvalue weighted by Crippen LogP contribution is -2.23. The minimum Gasteiger partial charge on any atom is -0.492 e. The molecule has 25 heavy (non-hydrogen) atoms. The zero-order valence-corrected chi connectivity index (χ0v) is 14.5. The van der Waals surface area contributed by atoms with E-state index < -0.39 is 11.9 Å². The first-order chi connectivity index (χ1) is 12.0. The summed E-state index contributed by atoms with van der Waals surface area (Å²) in [6, 6.07) is 14.4. The van der Waals surface area contributed by atoms with Crippen molar-refractivity contribution in [2.24, 2.45) is 0 Å². The maximum atomic E-state index is 11.8. The summed E-state index contributed by atoms with van der Waals surface area (Å²) in [5.41, 5.74) is 1.54. The van der Waals surface area contributed by atoms with E-state index in [4.69, 9.17) is 14.2 Å². The first kappa shape index (κ1) is 18.3. The third kappa shape index (κ3) is 4.97. The van der Waals surface area contributed by atoms with Gasteiger partial charge in [0.05, 0.1) is 31.9 Å². The number of rotatable bonds is 7. The first-order valence-corrected chi connectivity index (χ1v) is 7.76. The number of ether oxygens (including phenoxy) is 3. The zero-order chi connectivity index (χ0) is 18.2. The number of esters is 2. The molecule has 0 fully saturated rings. The van der Waals surface area contributed by atoms with Crippen LogP contribution in [0.5, 0.6) is 5.75 Å². The fourth-order valence-corrected chi connectivity index (χ4v) is 2.27. The van der Waals surface area contributed by atoms with Crippen LogP contribution >= 0.6 is 0 Å². The SMILES string of the molecule is COC(=O)c1cc(OCCN(C)c2ccccc2)cc(C(=O)OC)c1. The third-order valence-electron chi connectivity index (χ3n) is 3.64. The Hall–Kier alpha value is -3.02. The molecule has 0 aliphatic rings. The van der Waals surface area contributed by atoms with Crippen molar-refractivity contribution in [2.75, 3.05) is 39.3 Å². The minimum absolute atomic E-state index is 0.233. The van der Waals surface area contributed by atoms with E-state index in [0.717, 1.165) is 5.69 Å². The molecule has 0 saturated heterocycles. The molecule has 2 aromatic rings. The molecule has 0 aromatic heterocycles. The fraction of sp³-hybridized carbons (Fsp3) is 0.263. The van der Waals surface area contributed by atoms with Crippen molar-refractivity contribution in [1.82, 2.24) is 0 Å².